The second-order valence-electron chi connectivity index (χ2n) is 17.9. The fraction of sp³-hybridized carbons (Fsp3) is 0.0323. The van der Waals surface area contributed by atoms with Gasteiger partial charge >= 0.3 is 0 Å². The summed E-state index contributed by atoms with van der Waals surface area (Å²) < 4.78 is 4.56. The molecule has 2 aliphatic heterocycles. The maximum absolute atomic E-state index is 15.6. The average molecular weight is 873 g/mol. The van der Waals surface area contributed by atoms with Gasteiger partial charge in [-0.2, -0.15) is 0 Å². The summed E-state index contributed by atoms with van der Waals surface area (Å²) in [6, 6.07) is 71.1. The number of benzene rings is 9. The summed E-state index contributed by atoms with van der Waals surface area (Å²) in [4.78, 5) is 34.6. The highest BCUT2D eigenvalue weighted by atomic mass is 16.2. The van der Waals surface area contributed by atoms with E-state index >= 15 is 9.59 Å². The molecule has 2 unspecified atom stereocenters. The van der Waals surface area contributed by atoms with Crippen LogP contribution in [0.4, 0.5) is 17.1 Å². The molecule has 0 saturated carbocycles. The lowest BCUT2D eigenvalue weighted by molar-refractivity contribution is 0.0926. The predicted octanol–water partition coefficient (Wildman–Crippen LogP) is 14.7. The van der Waals surface area contributed by atoms with Crippen molar-refractivity contribution in [3.05, 3.63) is 247 Å². The molecular weight excluding hydrogens is 833 g/mol. The molecule has 0 N–H and O–H groups in total. The lowest BCUT2D eigenvalue weighted by Crippen LogP contribution is -2.30. The third-order valence-corrected chi connectivity index (χ3v) is 14.4. The number of allylic oxidation sites excluding steroid dienone is 2. The van der Waals surface area contributed by atoms with Crippen LogP contribution in [-0.4, -0.2) is 27.0 Å². The largest absolute Gasteiger partial charge is 0.333 e. The standard InChI is InChI=1S/C62H40N4O2/c67-61-50-26-16-32-56(60(50)62(68)66(61)55-31-15-25-43(39-17-3-1-4-18-39)59(55)40-19-5-2-6-20-40)65-57-37-41(63-51-27-11-7-21-44(51)45-22-8-12-28-52(45)63)33-35-48(57)49-36-34-42(38-58(49)65)64-53-29-13-9-23-46(53)47-24-10-14-30-54(47)64/h1-38,44,51H. The first-order valence-electron chi connectivity index (χ1n) is 23.2. The summed E-state index contributed by atoms with van der Waals surface area (Å²) in [7, 11) is 0. The Hall–Kier alpha value is -9.00. The highest BCUT2D eigenvalue weighted by molar-refractivity contribution is 6.37. The van der Waals surface area contributed by atoms with Gasteiger partial charge in [0, 0.05) is 50.1 Å². The summed E-state index contributed by atoms with van der Waals surface area (Å²) in [5, 5.41) is 4.46. The number of hydrogen-bond acceptors (Lipinski definition) is 3. The third-order valence-electron chi connectivity index (χ3n) is 14.4. The molecule has 2 atom stereocenters. The number of hydrogen-bond donors (Lipinski definition) is 0. The Balaban J connectivity index is 1.02. The maximum atomic E-state index is 15.6. The molecule has 320 valence electrons. The van der Waals surface area contributed by atoms with Crippen LogP contribution in [0.1, 0.15) is 32.2 Å². The molecule has 14 rings (SSSR count). The van der Waals surface area contributed by atoms with Gasteiger partial charge in [0.2, 0.25) is 0 Å². The Morgan fingerprint density at radius 3 is 1.66 bits per heavy atom. The molecule has 68 heavy (non-hydrogen) atoms. The molecule has 6 nitrogen and oxygen atoms in total. The van der Waals surface area contributed by atoms with Crippen LogP contribution >= 0.6 is 0 Å². The van der Waals surface area contributed by atoms with Gasteiger partial charge < -0.3 is 14.0 Å². The average Bonchev–Trinajstić information content (AvgIpc) is 4.10. The molecule has 9 aromatic carbocycles. The van der Waals surface area contributed by atoms with Crippen LogP contribution < -0.4 is 9.80 Å². The molecular formula is C62H40N4O2. The highest BCUT2D eigenvalue weighted by Gasteiger charge is 2.41. The number of fused-ring (bicyclic) bond motifs is 10. The predicted molar refractivity (Wildman–Crippen MR) is 277 cm³/mol. The molecule has 2 amide bonds. The molecule has 0 fully saturated rings. The van der Waals surface area contributed by atoms with Gasteiger partial charge in [0.25, 0.3) is 11.8 Å². The SMILES string of the molecule is O=C1c2cccc(-n3c4cc(N5c6ccccc6C6C=CC=CC65)ccc4c4ccc(-n5c6ccccc6c6ccccc65)cc43)c2C(=O)N1c1cccc(-c2ccccc2)c1-c1ccccc1. The Bertz CT molecular complexity index is 3940. The van der Waals surface area contributed by atoms with E-state index in [1.807, 2.05) is 72.8 Å². The number of imide groups is 1. The number of amides is 2. The van der Waals surface area contributed by atoms with E-state index in [0.717, 1.165) is 66.5 Å². The van der Waals surface area contributed by atoms with Crippen molar-refractivity contribution in [3.63, 3.8) is 0 Å². The number of anilines is 3. The van der Waals surface area contributed by atoms with Crippen LogP contribution in [0.25, 0.3) is 77.2 Å². The van der Waals surface area contributed by atoms with Crippen LogP contribution in [0, 0.1) is 0 Å². The Kier molecular flexibility index (Phi) is 8.31. The molecule has 0 bridgehead atoms. The van der Waals surface area contributed by atoms with E-state index < -0.39 is 0 Å². The van der Waals surface area contributed by atoms with E-state index in [1.54, 1.807) is 6.07 Å². The summed E-state index contributed by atoms with van der Waals surface area (Å²) in [5.41, 5.74) is 14.2. The van der Waals surface area contributed by atoms with Crippen LogP contribution in [0.2, 0.25) is 0 Å². The van der Waals surface area contributed by atoms with Crippen LogP contribution in [0.3, 0.4) is 0 Å². The van der Waals surface area contributed by atoms with Gasteiger partial charge in [0.1, 0.15) is 0 Å². The lowest BCUT2D eigenvalue weighted by Gasteiger charge is -2.29. The van der Waals surface area contributed by atoms with Crippen LogP contribution in [0.15, 0.2) is 231 Å². The zero-order valence-electron chi connectivity index (χ0n) is 36.7. The Labute approximate surface area is 392 Å². The molecule has 6 heteroatoms. The molecule has 0 spiro atoms. The summed E-state index contributed by atoms with van der Waals surface area (Å²) in [5.74, 6) is -0.485. The van der Waals surface area contributed by atoms with Crippen molar-refractivity contribution in [2.75, 3.05) is 9.80 Å². The van der Waals surface area contributed by atoms with Crippen molar-refractivity contribution in [1.82, 2.24) is 9.13 Å². The number of nitrogens with zero attached hydrogens (tertiary/aromatic N) is 4. The zero-order chi connectivity index (χ0) is 45.0. The fourth-order valence-corrected chi connectivity index (χ4v) is 11.5. The fourth-order valence-electron chi connectivity index (χ4n) is 11.5. The highest BCUT2D eigenvalue weighted by Crippen LogP contribution is 2.50. The summed E-state index contributed by atoms with van der Waals surface area (Å²) in [6.07, 6.45) is 8.89. The molecule has 0 saturated heterocycles. The Morgan fingerprint density at radius 1 is 0.368 bits per heavy atom. The zero-order valence-corrected chi connectivity index (χ0v) is 36.7. The number of carbonyl (C=O) groups excluding carboxylic acids is 2. The van der Waals surface area contributed by atoms with E-state index in [4.69, 9.17) is 0 Å². The van der Waals surface area contributed by atoms with Gasteiger partial charge in [-0.3, -0.25) is 9.59 Å². The maximum Gasteiger partial charge on any atom is 0.268 e. The monoisotopic (exact) mass is 872 g/mol. The van der Waals surface area contributed by atoms with Crippen molar-refractivity contribution in [2.24, 2.45) is 0 Å². The van der Waals surface area contributed by atoms with Crippen LogP contribution in [0.5, 0.6) is 0 Å². The van der Waals surface area contributed by atoms with E-state index in [2.05, 4.69) is 166 Å². The smallest absolute Gasteiger partial charge is 0.268 e. The summed E-state index contributed by atoms with van der Waals surface area (Å²) >= 11 is 0. The number of carbonyl (C=O) groups is 2. The minimum atomic E-state index is -0.358. The van der Waals surface area contributed by atoms with Gasteiger partial charge in [-0.25, -0.2) is 4.90 Å². The minimum absolute atomic E-state index is 0.105. The van der Waals surface area contributed by atoms with Crippen LogP contribution in [-0.2, 0) is 0 Å². The second kappa shape index (κ2) is 14.8. The third kappa shape index (κ3) is 5.46. The molecule has 3 aliphatic rings. The van der Waals surface area contributed by atoms with E-state index in [9.17, 15) is 0 Å². The van der Waals surface area contributed by atoms with E-state index in [0.29, 0.717) is 22.5 Å². The molecule has 4 heterocycles. The van der Waals surface area contributed by atoms with Gasteiger partial charge in [-0.05, 0) is 82.9 Å². The number of aromatic nitrogens is 2. The first-order chi connectivity index (χ1) is 33.6. The lowest BCUT2D eigenvalue weighted by atomic mass is 9.91. The van der Waals surface area contributed by atoms with E-state index in [-0.39, 0.29) is 23.8 Å². The quantitative estimate of drug-likeness (QED) is 0.156. The minimum Gasteiger partial charge on any atom is -0.333 e. The van der Waals surface area contributed by atoms with Gasteiger partial charge in [0.15, 0.2) is 0 Å². The van der Waals surface area contributed by atoms with Crippen molar-refractivity contribution in [3.8, 4) is 33.6 Å². The molecule has 2 aromatic heterocycles. The second-order valence-corrected chi connectivity index (χ2v) is 17.9. The molecule has 1 aliphatic carbocycles. The number of rotatable bonds is 6. The van der Waals surface area contributed by atoms with Crippen molar-refractivity contribution < 1.29 is 9.59 Å². The van der Waals surface area contributed by atoms with Gasteiger partial charge in [0.05, 0.1) is 50.6 Å². The topological polar surface area (TPSA) is 50.5 Å². The van der Waals surface area contributed by atoms with Crippen molar-refractivity contribution in [2.45, 2.75) is 12.0 Å². The van der Waals surface area contributed by atoms with E-state index in [1.165, 1.54) is 26.9 Å². The van der Waals surface area contributed by atoms with Gasteiger partial charge in [-0.1, -0.05) is 170 Å². The van der Waals surface area contributed by atoms with Gasteiger partial charge in [-0.15, -0.1) is 0 Å². The normalized spacial score (nSPS) is 16.1. The molecule has 11 aromatic rings. The van der Waals surface area contributed by atoms with Crippen molar-refractivity contribution >= 4 is 72.5 Å². The first-order valence-corrected chi connectivity index (χ1v) is 23.2. The van der Waals surface area contributed by atoms with Crippen molar-refractivity contribution in [1.29, 1.82) is 0 Å². The Morgan fingerprint density at radius 2 is 0.926 bits per heavy atom. The summed E-state index contributed by atoms with van der Waals surface area (Å²) in [6.45, 7) is 0. The first kappa shape index (κ1) is 38.3. The molecule has 0 radical (unpaired) electrons. The number of para-hydroxylation sites is 3.